The van der Waals surface area contributed by atoms with E-state index in [2.05, 4.69) is 32.2 Å². The molecule has 184 valence electrons. The summed E-state index contributed by atoms with van der Waals surface area (Å²) in [5.74, 6) is 0.0223. The number of nitrogens with zero attached hydrogens (tertiary/aromatic N) is 2. The highest BCUT2D eigenvalue weighted by Gasteiger charge is 2.35. The lowest BCUT2D eigenvalue weighted by atomic mass is 9.93. The van der Waals surface area contributed by atoms with Gasteiger partial charge in [-0.25, -0.2) is 0 Å². The van der Waals surface area contributed by atoms with Crippen LogP contribution in [0.1, 0.15) is 58.7 Å². The Morgan fingerprint density at radius 1 is 1.09 bits per heavy atom. The van der Waals surface area contributed by atoms with Crippen molar-refractivity contribution in [2.45, 2.75) is 39.7 Å². The fraction of sp³-hybridized carbons (Fsp3) is 0.357. The van der Waals surface area contributed by atoms with Crippen LogP contribution in [0.4, 0.5) is 0 Å². The van der Waals surface area contributed by atoms with Crippen LogP contribution in [0.5, 0.6) is 0 Å². The Morgan fingerprint density at radius 3 is 2.49 bits per heavy atom. The molecule has 1 unspecified atom stereocenters. The molecule has 2 amide bonds. The lowest BCUT2D eigenvalue weighted by Crippen LogP contribution is -2.47. The first-order valence-corrected chi connectivity index (χ1v) is 13.6. The maximum absolute atomic E-state index is 13.8. The fourth-order valence-electron chi connectivity index (χ4n) is 4.62. The number of amides is 2. The van der Waals surface area contributed by atoms with Crippen LogP contribution in [0.3, 0.4) is 0 Å². The summed E-state index contributed by atoms with van der Waals surface area (Å²) >= 11 is 14.5. The standard InChI is InChI=1S/C28H30Cl2N2O2S/c1-4-19-5-7-20(8-6-19)28(34)31(16-18(2)3)17-26(33)32-13-11-25-23(12-14-35-25)27(32)22-10-9-21(29)15-24(22)30/h5-10,12,14-15,18,27H,4,11,13,16-17H2,1-3H3. The summed E-state index contributed by atoms with van der Waals surface area (Å²) in [6.45, 7) is 7.30. The van der Waals surface area contributed by atoms with Crippen molar-refractivity contribution in [1.29, 1.82) is 0 Å². The van der Waals surface area contributed by atoms with Gasteiger partial charge in [-0.05, 0) is 71.2 Å². The smallest absolute Gasteiger partial charge is 0.254 e. The van der Waals surface area contributed by atoms with E-state index in [1.54, 1.807) is 28.4 Å². The van der Waals surface area contributed by atoms with Crippen LogP contribution in [0.15, 0.2) is 53.9 Å². The number of aryl methyl sites for hydroxylation is 1. The molecule has 35 heavy (non-hydrogen) atoms. The monoisotopic (exact) mass is 528 g/mol. The number of rotatable bonds is 7. The van der Waals surface area contributed by atoms with Crippen molar-refractivity contribution in [3.05, 3.63) is 91.1 Å². The van der Waals surface area contributed by atoms with Gasteiger partial charge in [0.1, 0.15) is 6.54 Å². The Balaban J connectivity index is 1.63. The first kappa shape index (κ1) is 25.7. The summed E-state index contributed by atoms with van der Waals surface area (Å²) in [6, 6.07) is 14.9. The number of fused-ring (bicyclic) bond motifs is 1. The van der Waals surface area contributed by atoms with E-state index >= 15 is 0 Å². The van der Waals surface area contributed by atoms with E-state index in [0.717, 1.165) is 24.0 Å². The van der Waals surface area contributed by atoms with Gasteiger partial charge < -0.3 is 9.80 Å². The molecular weight excluding hydrogens is 499 g/mol. The summed E-state index contributed by atoms with van der Waals surface area (Å²) in [5.41, 5.74) is 3.72. The van der Waals surface area contributed by atoms with E-state index in [4.69, 9.17) is 23.2 Å². The van der Waals surface area contributed by atoms with E-state index < -0.39 is 0 Å². The molecule has 4 nitrogen and oxygen atoms in total. The average molecular weight is 530 g/mol. The van der Waals surface area contributed by atoms with Gasteiger partial charge in [0.15, 0.2) is 0 Å². The average Bonchev–Trinajstić information content (AvgIpc) is 3.31. The summed E-state index contributed by atoms with van der Waals surface area (Å²) in [6.07, 6.45) is 1.70. The van der Waals surface area contributed by atoms with E-state index in [1.165, 1.54) is 10.4 Å². The minimum Gasteiger partial charge on any atom is -0.330 e. The predicted octanol–water partition coefficient (Wildman–Crippen LogP) is 6.89. The Kier molecular flexibility index (Phi) is 8.20. The van der Waals surface area contributed by atoms with Crippen molar-refractivity contribution in [3.63, 3.8) is 0 Å². The van der Waals surface area contributed by atoms with Gasteiger partial charge in [-0.2, -0.15) is 0 Å². The Morgan fingerprint density at radius 2 is 1.83 bits per heavy atom. The molecule has 0 saturated carbocycles. The van der Waals surface area contributed by atoms with Crippen LogP contribution >= 0.6 is 34.5 Å². The lowest BCUT2D eigenvalue weighted by molar-refractivity contribution is -0.134. The van der Waals surface area contributed by atoms with Gasteiger partial charge in [-0.15, -0.1) is 11.3 Å². The fourth-order valence-corrected chi connectivity index (χ4v) is 6.04. The van der Waals surface area contributed by atoms with Crippen molar-refractivity contribution < 1.29 is 9.59 Å². The van der Waals surface area contributed by atoms with Gasteiger partial charge in [-0.3, -0.25) is 9.59 Å². The number of halogens is 2. The normalized spacial score (nSPS) is 15.3. The van der Waals surface area contributed by atoms with Crippen LogP contribution in [0, 0.1) is 5.92 Å². The van der Waals surface area contributed by atoms with Crippen LogP contribution < -0.4 is 0 Å². The molecule has 0 radical (unpaired) electrons. The second-order valence-electron chi connectivity index (χ2n) is 9.33. The predicted molar refractivity (Wildman–Crippen MR) is 145 cm³/mol. The first-order chi connectivity index (χ1) is 16.8. The third kappa shape index (κ3) is 5.74. The molecule has 0 fully saturated rings. The van der Waals surface area contributed by atoms with Crippen molar-refractivity contribution in [2.75, 3.05) is 19.6 Å². The maximum Gasteiger partial charge on any atom is 0.254 e. The van der Waals surface area contributed by atoms with E-state index in [-0.39, 0.29) is 30.3 Å². The molecule has 4 rings (SSSR count). The van der Waals surface area contributed by atoms with E-state index in [0.29, 0.717) is 28.7 Å². The van der Waals surface area contributed by atoms with Crippen LogP contribution in [0.25, 0.3) is 0 Å². The van der Waals surface area contributed by atoms with E-state index in [1.807, 2.05) is 35.2 Å². The number of carbonyl (C=O) groups excluding carboxylic acids is 2. The third-order valence-electron chi connectivity index (χ3n) is 6.35. The minimum atomic E-state index is -0.304. The second-order valence-corrected chi connectivity index (χ2v) is 11.2. The van der Waals surface area contributed by atoms with Crippen molar-refractivity contribution >= 4 is 46.4 Å². The van der Waals surface area contributed by atoms with Crippen LogP contribution in [0.2, 0.25) is 10.0 Å². The SMILES string of the molecule is CCc1ccc(C(=O)N(CC(=O)N2CCc3sccc3C2c2ccc(Cl)cc2Cl)CC(C)C)cc1. The highest BCUT2D eigenvalue weighted by Crippen LogP contribution is 2.41. The molecule has 2 aromatic carbocycles. The number of hydrogen-bond acceptors (Lipinski definition) is 3. The van der Waals surface area contributed by atoms with Crippen molar-refractivity contribution in [3.8, 4) is 0 Å². The molecule has 0 aliphatic carbocycles. The van der Waals surface area contributed by atoms with Crippen molar-refractivity contribution in [1.82, 2.24) is 9.80 Å². The zero-order chi connectivity index (χ0) is 25.1. The zero-order valence-electron chi connectivity index (χ0n) is 20.3. The second kappa shape index (κ2) is 11.2. The summed E-state index contributed by atoms with van der Waals surface area (Å²) in [5, 5.41) is 3.15. The molecule has 1 aliphatic heterocycles. The quantitative estimate of drug-likeness (QED) is 0.335. The number of thiophene rings is 1. The highest BCUT2D eigenvalue weighted by atomic mass is 35.5. The molecule has 1 aliphatic rings. The van der Waals surface area contributed by atoms with Crippen LogP contribution in [-0.4, -0.2) is 41.2 Å². The minimum absolute atomic E-state index is 0.0215. The first-order valence-electron chi connectivity index (χ1n) is 12.0. The Bertz CT molecular complexity index is 1210. The topological polar surface area (TPSA) is 40.6 Å². The summed E-state index contributed by atoms with van der Waals surface area (Å²) in [7, 11) is 0. The van der Waals surface area contributed by atoms with Gasteiger partial charge in [0.2, 0.25) is 5.91 Å². The number of benzene rings is 2. The lowest BCUT2D eigenvalue weighted by Gasteiger charge is -2.38. The molecule has 2 heterocycles. The third-order valence-corrected chi connectivity index (χ3v) is 7.91. The van der Waals surface area contributed by atoms with E-state index in [9.17, 15) is 9.59 Å². The largest absolute Gasteiger partial charge is 0.330 e. The molecule has 7 heteroatoms. The summed E-state index contributed by atoms with van der Waals surface area (Å²) in [4.78, 5) is 32.0. The summed E-state index contributed by atoms with van der Waals surface area (Å²) < 4.78 is 0. The van der Waals surface area contributed by atoms with Gasteiger partial charge in [0.05, 0.1) is 6.04 Å². The zero-order valence-corrected chi connectivity index (χ0v) is 22.6. The maximum atomic E-state index is 13.8. The molecule has 1 atom stereocenters. The Labute approximate surface area is 221 Å². The van der Waals surface area contributed by atoms with Crippen molar-refractivity contribution in [2.24, 2.45) is 5.92 Å². The number of carbonyl (C=O) groups is 2. The molecule has 0 N–H and O–H groups in total. The van der Waals surface area contributed by atoms with Crippen LogP contribution in [-0.2, 0) is 17.6 Å². The molecule has 0 saturated heterocycles. The molecule has 1 aromatic heterocycles. The Hall–Kier alpha value is -2.34. The van der Waals surface area contributed by atoms with Gasteiger partial charge in [0, 0.05) is 33.6 Å². The van der Waals surface area contributed by atoms with Gasteiger partial charge >= 0.3 is 0 Å². The number of hydrogen-bond donors (Lipinski definition) is 0. The molecule has 0 spiro atoms. The van der Waals surface area contributed by atoms with Gasteiger partial charge in [-0.1, -0.05) is 62.2 Å². The molecule has 0 bridgehead atoms. The van der Waals surface area contributed by atoms with Gasteiger partial charge in [0.25, 0.3) is 5.91 Å². The molecule has 3 aromatic rings. The molecular formula is C28H30Cl2N2O2S. The highest BCUT2D eigenvalue weighted by molar-refractivity contribution is 7.10.